The summed E-state index contributed by atoms with van der Waals surface area (Å²) in [7, 11) is 3.92. The SMILES string of the molecule is CNCCCc1ccc2c(C(=O)NCC34CC5CC(CC(C5)C3)C4)c(Cl)ccc2n1.CNCCCc1ccc2c(C(=O)NCC34CC5CC(CC(C5)C3)C4)c(Cl)ccc2n1.Cl.Cl.Cl.O.O. The summed E-state index contributed by atoms with van der Waals surface area (Å²) in [5.74, 6) is 5.23. The fraction of sp³-hybridized carbons (Fsp3) is 0.600. The van der Waals surface area contributed by atoms with Gasteiger partial charge in [-0.05, 0) is 213 Å². The van der Waals surface area contributed by atoms with Gasteiger partial charge >= 0.3 is 0 Å². The van der Waals surface area contributed by atoms with Crippen LogP contribution in [0.2, 0.25) is 10.0 Å². The van der Waals surface area contributed by atoms with Crippen molar-refractivity contribution >= 4 is 94.0 Å². The number of fused-ring (bicyclic) bond motifs is 2. The summed E-state index contributed by atoms with van der Waals surface area (Å²) in [4.78, 5) is 36.0. The van der Waals surface area contributed by atoms with Gasteiger partial charge in [0.2, 0.25) is 0 Å². The summed E-state index contributed by atoms with van der Waals surface area (Å²) < 4.78 is 0. The second-order valence-corrected chi connectivity index (χ2v) is 21.0. The van der Waals surface area contributed by atoms with Crippen molar-refractivity contribution in [3.63, 3.8) is 0 Å². The Morgan fingerprint density at radius 1 is 0.538 bits per heavy atom. The first-order valence-electron chi connectivity index (χ1n) is 23.1. The Balaban J connectivity index is 0.000000264. The van der Waals surface area contributed by atoms with Crippen molar-refractivity contribution < 1.29 is 20.5 Å². The minimum absolute atomic E-state index is 0. The van der Waals surface area contributed by atoms with Gasteiger partial charge in [0.25, 0.3) is 11.8 Å². The maximum atomic E-state index is 13.2. The first-order chi connectivity index (χ1) is 29.1. The first kappa shape index (κ1) is 55.1. The molecule has 4 aromatic rings. The van der Waals surface area contributed by atoms with E-state index in [1.165, 1.54) is 77.0 Å². The number of hydrogen-bond donors (Lipinski definition) is 4. The molecule has 10 nitrogen and oxygen atoms in total. The number of amides is 2. The number of carbonyl (C=O) groups excluding carboxylic acids is 2. The summed E-state index contributed by atoms with van der Waals surface area (Å²) in [5, 5.41) is 15.6. The number of carbonyl (C=O) groups is 2. The van der Waals surface area contributed by atoms with E-state index in [0.717, 1.165) is 121 Å². The molecule has 2 aromatic carbocycles. The zero-order valence-electron chi connectivity index (χ0n) is 37.9. The largest absolute Gasteiger partial charge is 0.412 e. The second kappa shape index (κ2) is 23.7. The average molecular weight is 997 g/mol. The number of nitrogens with one attached hydrogen (secondary N) is 4. The van der Waals surface area contributed by atoms with E-state index in [1.807, 2.05) is 62.6 Å². The lowest BCUT2D eigenvalue weighted by Crippen LogP contribution is -2.51. The van der Waals surface area contributed by atoms with Crippen LogP contribution in [0.15, 0.2) is 48.5 Å². The van der Waals surface area contributed by atoms with E-state index in [4.69, 9.17) is 33.2 Å². The van der Waals surface area contributed by atoms with Crippen molar-refractivity contribution in [3.8, 4) is 0 Å². The molecule has 0 atom stereocenters. The molecule has 360 valence electrons. The van der Waals surface area contributed by atoms with E-state index in [2.05, 4.69) is 21.3 Å². The number of halogens is 5. The Morgan fingerprint density at radius 3 is 1.17 bits per heavy atom. The highest BCUT2D eigenvalue weighted by molar-refractivity contribution is 6.36. The highest BCUT2D eigenvalue weighted by atomic mass is 35.5. The summed E-state index contributed by atoms with van der Waals surface area (Å²) in [6.45, 7) is 3.52. The molecule has 2 amide bonds. The smallest absolute Gasteiger partial charge is 0.253 e. The third-order valence-corrected chi connectivity index (χ3v) is 16.1. The number of benzene rings is 2. The van der Waals surface area contributed by atoms with E-state index >= 15 is 0 Å². The van der Waals surface area contributed by atoms with E-state index < -0.39 is 0 Å². The second-order valence-electron chi connectivity index (χ2n) is 20.2. The van der Waals surface area contributed by atoms with Gasteiger partial charge in [-0.1, -0.05) is 35.3 Å². The van der Waals surface area contributed by atoms with Crippen LogP contribution in [0, 0.1) is 46.3 Å². The van der Waals surface area contributed by atoms with Gasteiger partial charge in [0, 0.05) is 35.2 Å². The van der Waals surface area contributed by atoms with E-state index in [-0.39, 0.29) is 60.0 Å². The third-order valence-electron chi connectivity index (χ3n) is 15.5. The maximum absolute atomic E-state index is 13.2. The van der Waals surface area contributed by atoms with Crippen LogP contribution in [0.4, 0.5) is 0 Å². The molecule has 8 bridgehead atoms. The molecule has 0 saturated heterocycles. The molecular formula is C50H71Cl5N6O4. The van der Waals surface area contributed by atoms with Crippen molar-refractivity contribution in [2.75, 3.05) is 40.3 Å². The van der Waals surface area contributed by atoms with Gasteiger partial charge in [0.15, 0.2) is 0 Å². The normalized spacial score (nSPS) is 27.2. The van der Waals surface area contributed by atoms with Crippen LogP contribution in [0.5, 0.6) is 0 Å². The molecule has 8 aliphatic rings. The summed E-state index contributed by atoms with van der Waals surface area (Å²) in [6.07, 6.45) is 20.2. The molecule has 0 radical (unpaired) electrons. The molecule has 8 N–H and O–H groups in total. The number of nitrogens with zero attached hydrogens (tertiary/aromatic N) is 2. The molecule has 15 heteroatoms. The molecule has 8 fully saturated rings. The summed E-state index contributed by atoms with van der Waals surface area (Å²) >= 11 is 13.0. The Bertz CT molecular complexity index is 2020. The van der Waals surface area contributed by atoms with E-state index in [9.17, 15) is 9.59 Å². The Labute approximate surface area is 413 Å². The lowest BCUT2D eigenvalue weighted by Gasteiger charge is -2.56. The zero-order valence-corrected chi connectivity index (χ0v) is 41.9. The quantitative estimate of drug-likeness (QED) is 0.0917. The van der Waals surface area contributed by atoms with Crippen molar-refractivity contribution in [1.82, 2.24) is 31.2 Å². The number of aromatic nitrogens is 2. The molecule has 8 aliphatic carbocycles. The summed E-state index contributed by atoms with van der Waals surface area (Å²) in [5.41, 5.74) is 5.60. The van der Waals surface area contributed by atoms with E-state index in [1.54, 1.807) is 0 Å². The fourth-order valence-corrected chi connectivity index (χ4v) is 14.3. The van der Waals surface area contributed by atoms with Crippen LogP contribution in [-0.4, -0.2) is 73.0 Å². The topological polar surface area (TPSA) is 171 Å². The molecule has 2 heterocycles. The molecule has 0 unspecified atom stereocenters. The zero-order chi connectivity index (χ0) is 41.4. The Morgan fingerprint density at radius 2 is 0.862 bits per heavy atom. The monoisotopic (exact) mass is 994 g/mol. The van der Waals surface area contributed by atoms with Crippen molar-refractivity contribution in [2.24, 2.45) is 46.3 Å². The molecule has 8 saturated carbocycles. The molecule has 0 aliphatic heterocycles. The van der Waals surface area contributed by atoms with Gasteiger partial charge in [-0.2, -0.15) is 0 Å². The lowest BCUT2D eigenvalue weighted by atomic mass is 9.49. The average Bonchev–Trinajstić information content (AvgIpc) is 3.21. The highest BCUT2D eigenvalue weighted by Crippen LogP contribution is 2.61. The maximum Gasteiger partial charge on any atom is 0.253 e. The van der Waals surface area contributed by atoms with Gasteiger partial charge in [0.05, 0.1) is 32.2 Å². The Kier molecular flexibility index (Phi) is 20.1. The molecule has 65 heavy (non-hydrogen) atoms. The lowest BCUT2D eigenvalue weighted by molar-refractivity contribution is -0.0504. The predicted octanol–water partition coefficient (Wildman–Crippen LogP) is 9.59. The van der Waals surface area contributed by atoms with Crippen molar-refractivity contribution in [3.05, 3.63) is 81.1 Å². The standard InChI is InChI=1S/2C25H32ClN3O.3ClH.2H2O/c2*1-27-8-2-3-19-4-5-20-22(29-19)7-6-21(26)23(20)24(30)28-15-25-12-16-9-17(13-25)11-18(10-16)14-25;;;;;/h2*4-7,16-18,27H,2-3,8-15H2,1H3,(H,28,30);3*1H;2*1H2. The van der Waals surface area contributed by atoms with Crippen molar-refractivity contribution in [1.29, 1.82) is 0 Å². The van der Waals surface area contributed by atoms with Crippen molar-refractivity contribution in [2.45, 2.75) is 103 Å². The van der Waals surface area contributed by atoms with Gasteiger partial charge in [0.1, 0.15) is 0 Å². The van der Waals surface area contributed by atoms with E-state index in [0.29, 0.717) is 32.0 Å². The van der Waals surface area contributed by atoms with Gasteiger partial charge < -0.3 is 32.2 Å². The van der Waals surface area contributed by atoms with Gasteiger partial charge in [-0.15, -0.1) is 37.2 Å². The van der Waals surface area contributed by atoms with Crippen LogP contribution in [0.3, 0.4) is 0 Å². The van der Waals surface area contributed by atoms with Gasteiger partial charge in [-0.3, -0.25) is 19.6 Å². The van der Waals surface area contributed by atoms with Gasteiger partial charge in [-0.25, -0.2) is 0 Å². The fourth-order valence-electron chi connectivity index (χ4n) is 13.8. The molecule has 12 rings (SSSR count). The molecular weight excluding hydrogens is 926 g/mol. The predicted molar refractivity (Wildman–Crippen MR) is 273 cm³/mol. The summed E-state index contributed by atoms with van der Waals surface area (Å²) in [6, 6.07) is 15.6. The minimum atomic E-state index is -0.0499. The molecule has 2 aromatic heterocycles. The Hall–Kier alpha value is -2.51. The van der Waals surface area contributed by atoms with Crippen LogP contribution in [-0.2, 0) is 12.8 Å². The van der Waals surface area contributed by atoms with Crippen LogP contribution < -0.4 is 21.3 Å². The molecule has 0 spiro atoms. The first-order valence-corrected chi connectivity index (χ1v) is 23.9. The number of rotatable bonds is 14. The number of hydrogen-bond acceptors (Lipinski definition) is 6. The van der Waals surface area contributed by atoms with Crippen LogP contribution >= 0.6 is 60.4 Å². The number of aryl methyl sites for hydroxylation is 2. The van der Waals surface area contributed by atoms with Crippen LogP contribution in [0.1, 0.15) is 122 Å². The van der Waals surface area contributed by atoms with Crippen LogP contribution in [0.25, 0.3) is 21.8 Å². The number of pyridine rings is 2. The highest BCUT2D eigenvalue weighted by Gasteiger charge is 2.52. The minimum Gasteiger partial charge on any atom is -0.412 e. The third kappa shape index (κ3) is 12.2.